The van der Waals surface area contributed by atoms with E-state index in [1.807, 2.05) is 32.0 Å². The van der Waals surface area contributed by atoms with Crippen LogP contribution in [-0.2, 0) is 0 Å². The van der Waals surface area contributed by atoms with E-state index >= 15 is 0 Å². The molecule has 3 heterocycles. The highest BCUT2D eigenvalue weighted by Gasteiger charge is 2.19. The van der Waals surface area contributed by atoms with Gasteiger partial charge in [-0.05, 0) is 38.1 Å². The molecule has 22 heavy (non-hydrogen) atoms. The molecule has 0 amide bonds. The van der Waals surface area contributed by atoms with E-state index in [9.17, 15) is 4.79 Å². The van der Waals surface area contributed by atoms with E-state index < -0.39 is 5.97 Å². The quantitative estimate of drug-likeness (QED) is 0.585. The maximum atomic E-state index is 11.1. The number of carbonyl (C=O) groups is 1. The Bertz CT molecular complexity index is 981. The van der Waals surface area contributed by atoms with Gasteiger partial charge in [0.25, 0.3) is 0 Å². The van der Waals surface area contributed by atoms with Gasteiger partial charge in [-0.25, -0.2) is 4.79 Å². The van der Waals surface area contributed by atoms with Crippen LogP contribution in [0.5, 0.6) is 0 Å². The predicted octanol–water partition coefficient (Wildman–Crippen LogP) is 3.88. The minimum atomic E-state index is -1.05. The molecule has 0 atom stereocenters. The SMILES string of the molecule is Cc1cc2c(-c3cc(C(=O)O)[nH]n3)c3oc(C)cc3cc2o1. The molecule has 3 aromatic heterocycles. The number of aromatic nitrogens is 2. The van der Waals surface area contributed by atoms with E-state index in [2.05, 4.69) is 10.2 Å². The average Bonchev–Trinajstić information content (AvgIpc) is 3.12. The van der Waals surface area contributed by atoms with Gasteiger partial charge in [-0.15, -0.1) is 0 Å². The minimum Gasteiger partial charge on any atom is -0.477 e. The number of hydrogen-bond donors (Lipinski definition) is 2. The molecule has 0 aliphatic heterocycles. The van der Waals surface area contributed by atoms with Gasteiger partial charge in [0.15, 0.2) is 0 Å². The number of H-pyrrole nitrogens is 1. The fraction of sp³-hybridized carbons (Fsp3) is 0.125. The van der Waals surface area contributed by atoms with Crippen LogP contribution >= 0.6 is 0 Å². The van der Waals surface area contributed by atoms with Crippen molar-refractivity contribution in [2.75, 3.05) is 0 Å². The first kappa shape index (κ1) is 12.7. The Kier molecular flexibility index (Phi) is 2.45. The summed E-state index contributed by atoms with van der Waals surface area (Å²) in [4.78, 5) is 11.1. The van der Waals surface area contributed by atoms with Crippen LogP contribution in [0.2, 0.25) is 0 Å². The molecule has 0 unspecified atom stereocenters. The summed E-state index contributed by atoms with van der Waals surface area (Å²) >= 11 is 0. The maximum absolute atomic E-state index is 11.1. The molecule has 6 heteroatoms. The Hall–Kier alpha value is -3.02. The molecule has 0 bridgehead atoms. The van der Waals surface area contributed by atoms with E-state index in [0.29, 0.717) is 11.3 Å². The number of carboxylic acids is 1. The summed E-state index contributed by atoms with van der Waals surface area (Å²) in [6.45, 7) is 3.73. The second-order valence-corrected chi connectivity index (χ2v) is 5.27. The lowest BCUT2D eigenvalue weighted by Gasteiger charge is -2.00. The van der Waals surface area contributed by atoms with Crippen LogP contribution in [0.25, 0.3) is 33.2 Å². The van der Waals surface area contributed by atoms with Gasteiger partial charge in [0, 0.05) is 10.8 Å². The number of nitrogens with one attached hydrogen (secondary N) is 1. The van der Waals surface area contributed by atoms with Crippen LogP contribution in [-0.4, -0.2) is 21.3 Å². The Morgan fingerprint density at radius 3 is 2.64 bits per heavy atom. The van der Waals surface area contributed by atoms with Gasteiger partial charge in [-0.3, -0.25) is 5.10 Å². The van der Waals surface area contributed by atoms with Crippen LogP contribution < -0.4 is 0 Å². The van der Waals surface area contributed by atoms with E-state index in [-0.39, 0.29) is 5.69 Å². The number of furan rings is 2. The largest absolute Gasteiger partial charge is 0.477 e. The third-order valence-electron chi connectivity index (χ3n) is 3.62. The van der Waals surface area contributed by atoms with Crippen LogP contribution in [0.1, 0.15) is 22.0 Å². The first-order valence-electron chi connectivity index (χ1n) is 6.75. The van der Waals surface area contributed by atoms with Crippen molar-refractivity contribution in [3.63, 3.8) is 0 Å². The molecule has 4 aromatic rings. The highest BCUT2D eigenvalue weighted by atomic mass is 16.4. The van der Waals surface area contributed by atoms with Crippen LogP contribution in [0, 0.1) is 13.8 Å². The smallest absolute Gasteiger partial charge is 0.353 e. The molecule has 2 N–H and O–H groups in total. The first-order valence-corrected chi connectivity index (χ1v) is 6.75. The standard InChI is InChI=1S/C16H12N2O4/c1-7-3-9-5-13-10(4-8(2)21-13)14(15(9)22-7)11-6-12(16(19)20)18-17-11/h3-6H,1-2H3,(H,17,18)(H,19,20). The topological polar surface area (TPSA) is 92.3 Å². The summed E-state index contributed by atoms with van der Waals surface area (Å²) < 4.78 is 11.5. The number of carboxylic acid groups (broad SMARTS) is 1. The molecule has 4 rings (SSSR count). The van der Waals surface area contributed by atoms with Gasteiger partial charge in [-0.2, -0.15) is 5.10 Å². The molecular formula is C16H12N2O4. The normalized spacial score (nSPS) is 11.5. The Morgan fingerprint density at radius 2 is 1.91 bits per heavy atom. The van der Waals surface area contributed by atoms with E-state index in [4.69, 9.17) is 13.9 Å². The summed E-state index contributed by atoms with van der Waals surface area (Å²) in [5.41, 5.74) is 2.68. The molecule has 0 saturated heterocycles. The lowest BCUT2D eigenvalue weighted by Crippen LogP contribution is -1.95. The fourth-order valence-electron chi connectivity index (χ4n) is 2.75. The molecule has 6 nitrogen and oxygen atoms in total. The summed E-state index contributed by atoms with van der Waals surface area (Å²) in [5, 5.41) is 17.5. The van der Waals surface area contributed by atoms with Gasteiger partial charge < -0.3 is 13.9 Å². The van der Waals surface area contributed by atoms with E-state index in [1.54, 1.807) is 0 Å². The molecule has 0 aliphatic rings. The van der Waals surface area contributed by atoms with Crippen molar-refractivity contribution in [1.82, 2.24) is 10.2 Å². The van der Waals surface area contributed by atoms with Crippen molar-refractivity contribution < 1.29 is 18.7 Å². The van der Waals surface area contributed by atoms with Gasteiger partial charge in [0.1, 0.15) is 28.4 Å². The number of aromatic amines is 1. The second-order valence-electron chi connectivity index (χ2n) is 5.27. The number of rotatable bonds is 2. The zero-order valence-corrected chi connectivity index (χ0v) is 11.9. The van der Waals surface area contributed by atoms with E-state index in [1.165, 1.54) is 6.07 Å². The monoisotopic (exact) mass is 296 g/mol. The molecule has 110 valence electrons. The molecule has 0 saturated carbocycles. The summed E-state index contributed by atoms with van der Waals surface area (Å²) in [6.07, 6.45) is 0. The third kappa shape index (κ3) is 1.74. The van der Waals surface area contributed by atoms with Crippen molar-refractivity contribution in [2.45, 2.75) is 13.8 Å². The van der Waals surface area contributed by atoms with Gasteiger partial charge in [0.2, 0.25) is 0 Å². The third-order valence-corrected chi connectivity index (χ3v) is 3.62. The van der Waals surface area contributed by atoms with Crippen molar-refractivity contribution in [2.24, 2.45) is 0 Å². The molecule has 0 fully saturated rings. The molecule has 0 spiro atoms. The molecule has 0 radical (unpaired) electrons. The summed E-state index contributed by atoms with van der Waals surface area (Å²) in [6, 6.07) is 7.23. The van der Waals surface area contributed by atoms with Gasteiger partial charge in [0.05, 0.1) is 11.3 Å². The Morgan fingerprint density at radius 1 is 1.14 bits per heavy atom. The molecular weight excluding hydrogens is 284 g/mol. The van der Waals surface area contributed by atoms with Crippen LogP contribution in [0.15, 0.2) is 33.1 Å². The number of aromatic carboxylic acids is 1. The molecule has 0 aliphatic carbocycles. The summed E-state index contributed by atoms with van der Waals surface area (Å²) in [7, 11) is 0. The number of nitrogens with zero attached hydrogens (tertiary/aromatic N) is 1. The Balaban J connectivity index is 2.12. The zero-order chi connectivity index (χ0) is 15.4. The highest BCUT2D eigenvalue weighted by Crippen LogP contribution is 2.38. The van der Waals surface area contributed by atoms with Crippen molar-refractivity contribution >= 4 is 27.9 Å². The number of aryl methyl sites for hydroxylation is 2. The minimum absolute atomic E-state index is 0.0312. The number of fused-ring (bicyclic) bond motifs is 2. The Labute approximate surface area is 124 Å². The predicted molar refractivity (Wildman–Crippen MR) is 80.0 cm³/mol. The fourth-order valence-corrected chi connectivity index (χ4v) is 2.75. The lowest BCUT2D eigenvalue weighted by molar-refractivity contribution is 0.0690. The second kappa shape index (κ2) is 4.24. The number of hydrogen-bond acceptors (Lipinski definition) is 4. The number of benzene rings is 1. The van der Waals surface area contributed by atoms with E-state index in [0.717, 1.165) is 33.4 Å². The van der Waals surface area contributed by atoms with Crippen LogP contribution in [0.3, 0.4) is 0 Å². The summed E-state index contributed by atoms with van der Waals surface area (Å²) in [5.74, 6) is 0.491. The van der Waals surface area contributed by atoms with Crippen molar-refractivity contribution in [3.8, 4) is 11.3 Å². The zero-order valence-electron chi connectivity index (χ0n) is 11.9. The highest BCUT2D eigenvalue weighted by molar-refractivity contribution is 6.09. The van der Waals surface area contributed by atoms with Gasteiger partial charge in [-0.1, -0.05) is 0 Å². The molecule has 1 aromatic carbocycles. The van der Waals surface area contributed by atoms with Crippen molar-refractivity contribution in [3.05, 3.63) is 41.5 Å². The average molecular weight is 296 g/mol. The van der Waals surface area contributed by atoms with Crippen LogP contribution in [0.4, 0.5) is 0 Å². The maximum Gasteiger partial charge on any atom is 0.353 e. The van der Waals surface area contributed by atoms with Crippen molar-refractivity contribution in [1.29, 1.82) is 0 Å². The van der Waals surface area contributed by atoms with Gasteiger partial charge >= 0.3 is 5.97 Å². The lowest BCUT2D eigenvalue weighted by atomic mass is 10.0. The first-order chi connectivity index (χ1) is 10.5.